The van der Waals surface area contributed by atoms with Crippen molar-refractivity contribution < 1.29 is 9.59 Å². The zero-order valence-electron chi connectivity index (χ0n) is 11.3. The lowest BCUT2D eigenvalue weighted by atomic mass is 9.95. The summed E-state index contributed by atoms with van der Waals surface area (Å²) in [6.07, 6.45) is 8.35. The van der Waals surface area contributed by atoms with E-state index in [4.69, 9.17) is 0 Å². The molecule has 3 nitrogen and oxygen atoms in total. The SMILES string of the molecule is O=C(/C=C/C(=O)c1ccc(Br)cc1)NC1CCCCC1. The Morgan fingerprint density at radius 2 is 1.70 bits per heavy atom. The molecule has 1 aliphatic rings. The van der Waals surface area contributed by atoms with Gasteiger partial charge in [0.15, 0.2) is 5.78 Å². The Hall–Kier alpha value is -1.42. The van der Waals surface area contributed by atoms with Gasteiger partial charge in [-0.1, -0.05) is 35.2 Å². The third-order valence-corrected chi connectivity index (χ3v) is 4.00. The third kappa shape index (κ3) is 4.60. The highest BCUT2D eigenvalue weighted by atomic mass is 79.9. The molecule has 1 fully saturated rings. The molecule has 0 aromatic heterocycles. The zero-order valence-corrected chi connectivity index (χ0v) is 12.9. The van der Waals surface area contributed by atoms with Crippen molar-refractivity contribution in [2.45, 2.75) is 38.1 Å². The number of allylic oxidation sites excluding steroid dienone is 1. The summed E-state index contributed by atoms with van der Waals surface area (Å²) in [4.78, 5) is 23.6. The van der Waals surface area contributed by atoms with Crippen molar-refractivity contribution >= 4 is 27.6 Å². The molecular weight excluding hydrogens is 318 g/mol. The van der Waals surface area contributed by atoms with Crippen molar-refractivity contribution in [1.82, 2.24) is 5.32 Å². The molecule has 1 aromatic carbocycles. The van der Waals surface area contributed by atoms with Crippen LogP contribution in [-0.4, -0.2) is 17.7 Å². The van der Waals surface area contributed by atoms with Gasteiger partial charge in [0.25, 0.3) is 0 Å². The van der Waals surface area contributed by atoms with Crippen molar-refractivity contribution in [3.63, 3.8) is 0 Å². The van der Waals surface area contributed by atoms with E-state index in [2.05, 4.69) is 21.2 Å². The predicted octanol–water partition coefficient (Wildman–Crippen LogP) is 3.64. The van der Waals surface area contributed by atoms with Crippen molar-refractivity contribution in [2.75, 3.05) is 0 Å². The van der Waals surface area contributed by atoms with Gasteiger partial charge in [-0.05, 0) is 43.2 Å². The first-order valence-electron chi connectivity index (χ1n) is 6.93. The number of hydrogen-bond acceptors (Lipinski definition) is 2. The van der Waals surface area contributed by atoms with Gasteiger partial charge in [0, 0.05) is 22.2 Å². The fourth-order valence-corrected chi connectivity index (χ4v) is 2.62. The number of rotatable bonds is 4. The van der Waals surface area contributed by atoms with Gasteiger partial charge in [-0.3, -0.25) is 9.59 Å². The number of carbonyl (C=O) groups excluding carboxylic acids is 2. The van der Waals surface area contributed by atoms with Crippen LogP contribution in [0.2, 0.25) is 0 Å². The lowest BCUT2D eigenvalue weighted by molar-refractivity contribution is -0.117. The van der Waals surface area contributed by atoms with E-state index in [0.717, 1.165) is 17.3 Å². The fraction of sp³-hybridized carbons (Fsp3) is 0.375. The van der Waals surface area contributed by atoms with Gasteiger partial charge in [0.2, 0.25) is 5.91 Å². The maximum Gasteiger partial charge on any atom is 0.244 e. The minimum absolute atomic E-state index is 0.156. The maximum absolute atomic E-state index is 11.9. The van der Waals surface area contributed by atoms with Gasteiger partial charge in [-0.2, -0.15) is 0 Å². The van der Waals surface area contributed by atoms with Crippen molar-refractivity contribution in [3.05, 3.63) is 46.5 Å². The van der Waals surface area contributed by atoms with E-state index in [9.17, 15) is 9.59 Å². The van der Waals surface area contributed by atoms with Gasteiger partial charge in [-0.15, -0.1) is 0 Å². The number of ketones is 1. The minimum atomic E-state index is -0.178. The van der Waals surface area contributed by atoms with Gasteiger partial charge < -0.3 is 5.32 Å². The molecule has 1 saturated carbocycles. The highest BCUT2D eigenvalue weighted by Gasteiger charge is 2.14. The largest absolute Gasteiger partial charge is 0.350 e. The van der Waals surface area contributed by atoms with Crippen LogP contribution in [0.25, 0.3) is 0 Å². The Balaban J connectivity index is 1.86. The number of benzene rings is 1. The van der Waals surface area contributed by atoms with Gasteiger partial charge in [0.05, 0.1) is 0 Å². The molecule has 0 bridgehead atoms. The molecule has 1 aromatic rings. The highest BCUT2D eigenvalue weighted by molar-refractivity contribution is 9.10. The quantitative estimate of drug-likeness (QED) is 0.674. The Morgan fingerprint density at radius 3 is 2.35 bits per heavy atom. The molecule has 0 spiro atoms. The Kier molecular flexibility index (Phi) is 5.53. The lowest BCUT2D eigenvalue weighted by Gasteiger charge is -2.21. The third-order valence-electron chi connectivity index (χ3n) is 3.47. The molecule has 1 aliphatic carbocycles. The molecule has 0 aliphatic heterocycles. The maximum atomic E-state index is 11.9. The van der Waals surface area contributed by atoms with Gasteiger partial charge in [0.1, 0.15) is 0 Å². The van der Waals surface area contributed by atoms with Gasteiger partial charge in [-0.25, -0.2) is 0 Å². The van der Waals surface area contributed by atoms with E-state index in [-0.39, 0.29) is 17.7 Å². The second kappa shape index (κ2) is 7.39. The highest BCUT2D eigenvalue weighted by Crippen LogP contribution is 2.17. The summed E-state index contributed by atoms with van der Waals surface area (Å²) in [6.45, 7) is 0. The zero-order chi connectivity index (χ0) is 14.4. The molecule has 106 valence electrons. The van der Waals surface area contributed by atoms with Crippen LogP contribution in [0.1, 0.15) is 42.5 Å². The molecule has 20 heavy (non-hydrogen) atoms. The summed E-state index contributed by atoms with van der Waals surface area (Å²) >= 11 is 3.32. The monoisotopic (exact) mass is 335 g/mol. The van der Waals surface area contributed by atoms with Crippen LogP contribution in [0.3, 0.4) is 0 Å². The molecule has 1 N–H and O–H groups in total. The van der Waals surface area contributed by atoms with Crippen LogP contribution in [0.5, 0.6) is 0 Å². The second-order valence-electron chi connectivity index (χ2n) is 5.05. The van der Waals surface area contributed by atoms with Gasteiger partial charge >= 0.3 is 0 Å². The smallest absolute Gasteiger partial charge is 0.244 e. The van der Waals surface area contributed by atoms with Crippen molar-refractivity contribution in [2.24, 2.45) is 0 Å². The number of halogens is 1. The minimum Gasteiger partial charge on any atom is -0.350 e. The summed E-state index contributed by atoms with van der Waals surface area (Å²) in [5.74, 6) is -0.335. The number of carbonyl (C=O) groups is 2. The molecule has 4 heteroatoms. The van der Waals surface area contributed by atoms with Crippen LogP contribution >= 0.6 is 15.9 Å². The molecular formula is C16H18BrNO2. The standard InChI is InChI=1S/C16H18BrNO2/c17-13-8-6-12(7-9-13)15(19)10-11-16(20)18-14-4-2-1-3-5-14/h6-11,14H,1-5H2,(H,18,20)/b11-10+. The predicted molar refractivity (Wildman–Crippen MR) is 82.6 cm³/mol. The first kappa shape index (κ1) is 15.0. The summed E-state index contributed by atoms with van der Waals surface area (Å²) < 4.78 is 0.924. The molecule has 0 atom stereocenters. The van der Waals surface area contributed by atoms with Crippen LogP contribution in [0.15, 0.2) is 40.9 Å². The van der Waals surface area contributed by atoms with Crippen LogP contribution in [-0.2, 0) is 4.79 Å². The molecule has 0 heterocycles. The molecule has 0 radical (unpaired) electrons. The summed E-state index contributed by atoms with van der Waals surface area (Å²) in [7, 11) is 0. The van der Waals surface area contributed by atoms with Crippen molar-refractivity contribution in [1.29, 1.82) is 0 Å². The molecule has 1 amide bonds. The second-order valence-corrected chi connectivity index (χ2v) is 5.96. The first-order valence-corrected chi connectivity index (χ1v) is 7.73. The average Bonchev–Trinajstić information content (AvgIpc) is 2.46. The summed E-state index contributed by atoms with van der Waals surface area (Å²) in [6, 6.07) is 7.35. The fourth-order valence-electron chi connectivity index (χ4n) is 2.36. The molecule has 2 rings (SSSR count). The summed E-state index contributed by atoms with van der Waals surface area (Å²) in [5, 5.41) is 2.95. The lowest BCUT2D eigenvalue weighted by Crippen LogP contribution is -2.35. The molecule has 0 unspecified atom stereocenters. The van der Waals surface area contributed by atoms with E-state index in [1.807, 2.05) is 12.1 Å². The van der Waals surface area contributed by atoms with Crippen molar-refractivity contribution in [3.8, 4) is 0 Å². The Labute approximate surface area is 127 Å². The van der Waals surface area contributed by atoms with Crippen LogP contribution in [0.4, 0.5) is 0 Å². The van der Waals surface area contributed by atoms with Crippen LogP contribution < -0.4 is 5.32 Å². The Bertz CT molecular complexity index is 502. The molecule has 0 saturated heterocycles. The van der Waals surface area contributed by atoms with E-state index < -0.39 is 0 Å². The summed E-state index contributed by atoms with van der Waals surface area (Å²) in [5.41, 5.74) is 0.579. The average molecular weight is 336 g/mol. The normalized spacial score (nSPS) is 16.2. The first-order chi connectivity index (χ1) is 9.65. The number of nitrogens with one attached hydrogen (secondary N) is 1. The Morgan fingerprint density at radius 1 is 1.05 bits per heavy atom. The van der Waals surface area contributed by atoms with E-state index in [1.165, 1.54) is 31.4 Å². The van der Waals surface area contributed by atoms with E-state index in [1.54, 1.807) is 12.1 Å². The van der Waals surface area contributed by atoms with E-state index in [0.29, 0.717) is 5.56 Å². The number of hydrogen-bond donors (Lipinski definition) is 1. The topological polar surface area (TPSA) is 46.2 Å². The number of amides is 1. The van der Waals surface area contributed by atoms with E-state index >= 15 is 0 Å². The van der Waals surface area contributed by atoms with Crippen LogP contribution in [0, 0.1) is 0 Å².